The Kier molecular flexibility index (Phi) is 4.49. The molecule has 1 saturated heterocycles. The summed E-state index contributed by atoms with van der Waals surface area (Å²) in [6.07, 6.45) is 9.07. The summed E-state index contributed by atoms with van der Waals surface area (Å²) < 4.78 is 5.31. The minimum atomic E-state index is 0.699. The van der Waals surface area contributed by atoms with Crippen molar-refractivity contribution < 1.29 is 4.74 Å². The van der Waals surface area contributed by atoms with E-state index in [2.05, 4.69) is 31.1 Å². The summed E-state index contributed by atoms with van der Waals surface area (Å²) in [4.78, 5) is 19.8. The van der Waals surface area contributed by atoms with Gasteiger partial charge in [-0.25, -0.2) is 9.97 Å². The first-order chi connectivity index (χ1) is 15.8. The molecule has 0 aliphatic carbocycles. The van der Waals surface area contributed by atoms with Crippen molar-refractivity contribution in [3.05, 3.63) is 48.9 Å². The van der Waals surface area contributed by atoms with Gasteiger partial charge in [-0.1, -0.05) is 0 Å². The van der Waals surface area contributed by atoms with E-state index in [-0.39, 0.29) is 0 Å². The lowest BCUT2D eigenvalue weighted by Gasteiger charge is -2.28. The average molecular weight is 425 g/mol. The molecule has 6 rings (SSSR count). The summed E-state index contributed by atoms with van der Waals surface area (Å²) in [6.45, 7) is 2.11. The number of hydrogen-bond acceptors (Lipinski definition) is 6. The number of ether oxygens (including phenoxy) is 1. The number of fused-ring (bicyclic) bond motifs is 2. The van der Waals surface area contributed by atoms with Crippen LogP contribution >= 0.6 is 0 Å². The predicted molar refractivity (Wildman–Crippen MR) is 125 cm³/mol. The van der Waals surface area contributed by atoms with Crippen LogP contribution in [0, 0.1) is 0 Å². The zero-order valence-electron chi connectivity index (χ0n) is 17.8. The number of aromatic amines is 2. The molecule has 0 saturated carbocycles. The molecule has 5 aromatic rings. The van der Waals surface area contributed by atoms with E-state index in [1.54, 1.807) is 19.5 Å². The number of hydrogen-bond donors (Lipinski definition) is 2. The number of H-pyrrole nitrogens is 2. The number of nitrogens with one attached hydrogen (secondary N) is 2. The SMILES string of the molecule is COc1cncc(-c2ccc3[nH]nc(-c4cc5c(N6CCCCC6)nccc5[nH]4)c3n2)c1. The van der Waals surface area contributed by atoms with Gasteiger partial charge in [0, 0.05) is 36.4 Å². The molecule has 2 N–H and O–H groups in total. The Balaban J connectivity index is 1.45. The fraction of sp³-hybridized carbons (Fsp3) is 0.250. The molecular formula is C24H23N7O. The van der Waals surface area contributed by atoms with Crippen LogP contribution in [0.25, 0.3) is 44.6 Å². The molecular weight excluding hydrogens is 402 g/mol. The van der Waals surface area contributed by atoms with Gasteiger partial charge in [0.2, 0.25) is 0 Å². The van der Waals surface area contributed by atoms with Crippen LogP contribution in [0.4, 0.5) is 5.82 Å². The van der Waals surface area contributed by atoms with Crippen LogP contribution in [0.15, 0.2) is 48.9 Å². The molecule has 1 fully saturated rings. The molecule has 0 atom stereocenters. The van der Waals surface area contributed by atoms with Crippen molar-refractivity contribution in [1.29, 1.82) is 0 Å². The van der Waals surface area contributed by atoms with Gasteiger partial charge in [-0.2, -0.15) is 5.10 Å². The molecule has 0 spiro atoms. The number of nitrogens with zero attached hydrogens (tertiary/aromatic N) is 5. The molecule has 1 aliphatic rings. The maximum Gasteiger partial charge on any atom is 0.137 e. The number of anilines is 1. The lowest BCUT2D eigenvalue weighted by molar-refractivity contribution is 0.413. The highest BCUT2D eigenvalue weighted by Gasteiger charge is 2.19. The van der Waals surface area contributed by atoms with Crippen LogP contribution in [0.5, 0.6) is 5.75 Å². The van der Waals surface area contributed by atoms with E-state index in [1.807, 2.05) is 30.5 Å². The van der Waals surface area contributed by atoms with Crippen molar-refractivity contribution in [3.63, 3.8) is 0 Å². The number of methoxy groups -OCH3 is 1. The summed E-state index contributed by atoms with van der Waals surface area (Å²) in [6, 6.07) is 10.0. The first-order valence-corrected chi connectivity index (χ1v) is 10.9. The first-order valence-electron chi connectivity index (χ1n) is 10.9. The summed E-state index contributed by atoms with van der Waals surface area (Å²) in [5.41, 5.74) is 6.17. The number of piperidine rings is 1. The predicted octanol–water partition coefficient (Wildman–Crippen LogP) is 4.56. The van der Waals surface area contributed by atoms with E-state index in [0.717, 1.165) is 63.5 Å². The second-order valence-corrected chi connectivity index (χ2v) is 8.10. The second kappa shape index (κ2) is 7.64. The Labute approximate surface area is 184 Å². The van der Waals surface area contributed by atoms with E-state index in [1.165, 1.54) is 19.3 Å². The fourth-order valence-electron chi connectivity index (χ4n) is 4.44. The van der Waals surface area contributed by atoms with Crippen molar-refractivity contribution in [2.45, 2.75) is 19.3 Å². The van der Waals surface area contributed by atoms with Gasteiger partial charge in [-0.15, -0.1) is 0 Å². The first kappa shape index (κ1) is 18.8. The minimum absolute atomic E-state index is 0.699. The van der Waals surface area contributed by atoms with Gasteiger partial charge in [0.15, 0.2) is 0 Å². The zero-order chi connectivity index (χ0) is 21.5. The van der Waals surface area contributed by atoms with Gasteiger partial charge in [0.25, 0.3) is 0 Å². The van der Waals surface area contributed by atoms with Crippen molar-refractivity contribution in [2.75, 3.05) is 25.1 Å². The Hall–Kier alpha value is -3.94. The molecule has 1 aliphatic heterocycles. The van der Waals surface area contributed by atoms with E-state index >= 15 is 0 Å². The number of pyridine rings is 3. The van der Waals surface area contributed by atoms with E-state index < -0.39 is 0 Å². The van der Waals surface area contributed by atoms with Crippen LogP contribution in [0.1, 0.15) is 19.3 Å². The van der Waals surface area contributed by atoms with Gasteiger partial charge in [-0.05, 0) is 49.6 Å². The highest BCUT2D eigenvalue weighted by Crippen LogP contribution is 2.33. The minimum Gasteiger partial charge on any atom is -0.495 e. The molecule has 0 aromatic carbocycles. The van der Waals surface area contributed by atoms with E-state index in [4.69, 9.17) is 14.7 Å². The van der Waals surface area contributed by atoms with Gasteiger partial charge < -0.3 is 14.6 Å². The smallest absolute Gasteiger partial charge is 0.137 e. The summed E-state index contributed by atoms with van der Waals surface area (Å²) in [7, 11) is 1.63. The summed E-state index contributed by atoms with van der Waals surface area (Å²) in [5, 5.41) is 8.81. The third-order valence-electron chi connectivity index (χ3n) is 6.09. The Bertz CT molecular complexity index is 1410. The Morgan fingerprint density at radius 1 is 1.00 bits per heavy atom. The van der Waals surface area contributed by atoms with Crippen molar-refractivity contribution in [1.82, 2.24) is 30.1 Å². The normalized spacial score (nSPS) is 14.3. The molecule has 0 amide bonds. The van der Waals surface area contributed by atoms with Crippen molar-refractivity contribution in [2.24, 2.45) is 0 Å². The lowest BCUT2D eigenvalue weighted by atomic mass is 10.1. The average Bonchev–Trinajstić information content (AvgIpc) is 3.48. The number of aromatic nitrogens is 6. The van der Waals surface area contributed by atoms with Gasteiger partial charge >= 0.3 is 0 Å². The van der Waals surface area contributed by atoms with Gasteiger partial charge in [0.05, 0.1) is 35.7 Å². The maximum atomic E-state index is 5.31. The monoisotopic (exact) mass is 425 g/mol. The number of rotatable bonds is 4. The highest BCUT2D eigenvalue weighted by atomic mass is 16.5. The van der Waals surface area contributed by atoms with Gasteiger partial charge in [-0.3, -0.25) is 10.1 Å². The molecule has 0 unspecified atom stereocenters. The molecule has 8 nitrogen and oxygen atoms in total. The largest absolute Gasteiger partial charge is 0.495 e. The van der Waals surface area contributed by atoms with Crippen LogP contribution < -0.4 is 9.64 Å². The Morgan fingerprint density at radius 3 is 2.78 bits per heavy atom. The van der Waals surface area contributed by atoms with Crippen molar-refractivity contribution in [3.8, 4) is 28.4 Å². The standard InChI is InChI=1S/C24H23N7O/c1-32-16-11-15(13-25-14-16)18-5-6-20-22(28-18)23(30-29-20)21-12-17-19(27-21)7-8-26-24(17)31-9-3-2-4-10-31/h5-8,11-14,27H,2-4,9-10H2,1H3,(H,29,30). The third kappa shape index (κ3) is 3.15. The van der Waals surface area contributed by atoms with Crippen LogP contribution in [-0.2, 0) is 0 Å². The van der Waals surface area contributed by atoms with Crippen LogP contribution in [0.2, 0.25) is 0 Å². The molecule has 8 heteroatoms. The molecule has 5 aromatic heterocycles. The second-order valence-electron chi connectivity index (χ2n) is 8.10. The quantitative estimate of drug-likeness (QED) is 0.438. The molecule has 0 bridgehead atoms. The summed E-state index contributed by atoms with van der Waals surface area (Å²) in [5.74, 6) is 1.74. The molecule has 0 radical (unpaired) electrons. The van der Waals surface area contributed by atoms with E-state index in [9.17, 15) is 0 Å². The zero-order valence-corrected chi connectivity index (χ0v) is 17.8. The molecule has 6 heterocycles. The molecule has 32 heavy (non-hydrogen) atoms. The highest BCUT2D eigenvalue weighted by molar-refractivity contribution is 5.98. The topological polar surface area (TPSA) is 95.6 Å². The lowest BCUT2D eigenvalue weighted by Crippen LogP contribution is -2.30. The van der Waals surface area contributed by atoms with Crippen LogP contribution in [0.3, 0.4) is 0 Å². The Morgan fingerprint density at radius 2 is 1.91 bits per heavy atom. The van der Waals surface area contributed by atoms with E-state index in [0.29, 0.717) is 5.75 Å². The summed E-state index contributed by atoms with van der Waals surface area (Å²) >= 11 is 0. The van der Waals surface area contributed by atoms with Crippen LogP contribution in [-0.4, -0.2) is 50.3 Å². The molecule has 160 valence electrons. The fourth-order valence-corrected chi connectivity index (χ4v) is 4.44. The maximum absolute atomic E-state index is 5.31. The van der Waals surface area contributed by atoms with Crippen molar-refractivity contribution >= 4 is 27.8 Å². The third-order valence-corrected chi connectivity index (χ3v) is 6.09. The van der Waals surface area contributed by atoms with Gasteiger partial charge in [0.1, 0.15) is 22.8 Å².